The van der Waals surface area contributed by atoms with E-state index in [9.17, 15) is 4.79 Å². The Morgan fingerprint density at radius 2 is 2.05 bits per heavy atom. The molecule has 0 saturated carbocycles. The Labute approximate surface area is 113 Å². The van der Waals surface area contributed by atoms with E-state index in [0.717, 1.165) is 6.54 Å². The van der Waals surface area contributed by atoms with Gasteiger partial charge in [0.05, 0.1) is 13.3 Å². The second kappa shape index (κ2) is 6.89. The molecule has 0 atom stereocenters. The van der Waals surface area contributed by atoms with Gasteiger partial charge in [-0.15, -0.1) is 0 Å². The van der Waals surface area contributed by atoms with Gasteiger partial charge in [0.25, 0.3) is 5.91 Å². The minimum atomic E-state index is -0.220. The molecule has 0 aliphatic carbocycles. The molecule has 0 unspecified atom stereocenters. The number of carbonyl (C=O) groups is 1. The smallest absolute Gasteiger partial charge is 0.291 e. The minimum absolute atomic E-state index is 0.136. The topological polar surface area (TPSA) is 70.6 Å². The average Bonchev–Trinajstić information content (AvgIpc) is 2.42. The summed E-state index contributed by atoms with van der Waals surface area (Å²) in [6.07, 6.45) is 1.54. The molecule has 106 valence electrons. The van der Waals surface area contributed by atoms with Crippen molar-refractivity contribution in [3.8, 4) is 5.88 Å². The lowest BCUT2D eigenvalue weighted by atomic mass is 10.4. The maximum Gasteiger partial charge on any atom is 0.291 e. The quantitative estimate of drug-likeness (QED) is 0.792. The number of hydrogen-bond donors (Lipinski definition) is 1. The van der Waals surface area contributed by atoms with Crippen LogP contribution in [0.1, 0.15) is 10.6 Å². The van der Waals surface area contributed by atoms with E-state index in [0.29, 0.717) is 18.1 Å². The number of likely N-dealkylation sites (N-methyl/N-ethyl adjacent to an activating group) is 2. The molecule has 0 aliphatic rings. The largest absolute Gasteiger partial charge is 0.479 e. The van der Waals surface area contributed by atoms with Gasteiger partial charge in [-0.05, 0) is 14.1 Å². The van der Waals surface area contributed by atoms with Crippen molar-refractivity contribution < 1.29 is 9.53 Å². The van der Waals surface area contributed by atoms with E-state index < -0.39 is 0 Å². The van der Waals surface area contributed by atoms with E-state index in [-0.39, 0.29) is 11.7 Å². The molecule has 0 radical (unpaired) electrons. The Balaban J connectivity index is 2.81. The second-order valence-corrected chi connectivity index (χ2v) is 4.40. The highest BCUT2D eigenvalue weighted by molar-refractivity contribution is 5.90. The van der Waals surface area contributed by atoms with Gasteiger partial charge >= 0.3 is 0 Å². The van der Waals surface area contributed by atoms with E-state index >= 15 is 0 Å². The third-order valence-corrected chi connectivity index (χ3v) is 2.64. The Kier molecular flexibility index (Phi) is 5.50. The van der Waals surface area contributed by atoms with Gasteiger partial charge in [-0.2, -0.15) is 4.98 Å². The van der Waals surface area contributed by atoms with Crippen LogP contribution in [-0.2, 0) is 0 Å². The molecule has 1 amide bonds. The SMILES string of the molecule is CNc1cnc(C(=O)N(C)CCN(C)C)nc1OC. The van der Waals surface area contributed by atoms with Gasteiger partial charge in [-0.1, -0.05) is 0 Å². The van der Waals surface area contributed by atoms with Crippen LogP contribution in [0.3, 0.4) is 0 Å². The summed E-state index contributed by atoms with van der Waals surface area (Å²) in [7, 11) is 8.89. The van der Waals surface area contributed by atoms with E-state index in [4.69, 9.17) is 4.74 Å². The van der Waals surface area contributed by atoms with E-state index in [1.165, 1.54) is 7.11 Å². The van der Waals surface area contributed by atoms with Crippen LogP contribution < -0.4 is 10.1 Å². The number of nitrogens with zero attached hydrogens (tertiary/aromatic N) is 4. The van der Waals surface area contributed by atoms with Crippen LogP contribution in [-0.4, -0.2) is 74.1 Å². The lowest BCUT2D eigenvalue weighted by Crippen LogP contribution is -2.34. The molecule has 19 heavy (non-hydrogen) atoms. The summed E-state index contributed by atoms with van der Waals surface area (Å²) < 4.78 is 5.11. The summed E-state index contributed by atoms with van der Waals surface area (Å²) in [5.74, 6) is 0.279. The molecule has 1 N–H and O–H groups in total. The van der Waals surface area contributed by atoms with Gasteiger partial charge in [0.1, 0.15) is 5.69 Å². The zero-order valence-corrected chi connectivity index (χ0v) is 12.1. The third kappa shape index (κ3) is 4.06. The lowest BCUT2D eigenvalue weighted by molar-refractivity contribution is 0.0773. The first-order chi connectivity index (χ1) is 8.99. The molecule has 0 saturated heterocycles. The Morgan fingerprint density at radius 1 is 1.37 bits per heavy atom. The van der Waals surface area contributed by atoms with Crippen molar-refractivity contribution in [2.45, 2.75) is 0 Å². The fraction of sp³-hybridized carbons (Fsp3) is 0.583. The maximum atomic E-state index is 12.1. The van der Waals surface area contributed by atoms with Crippen LogP contribution in [0.5, 0.6) is 5.88 Å². The van der Waals surface area contributed by atoms with Crippen molar-refractivity contribution in [1.29, 1.82) is 0 Å². The van der Waals surface area contributed by atoms with Gasteiger partial charge in [0.15, 0.2) is 0 Å². The van der Waals surface area contributed by atoms with Gasteiger partial charge in [0, 0.05) is 27.2 Å². The predicted octanol–water partition coefficient (Wildman–Crippen LogP) is 0.161. The zero-order valence-electron chi connectivity index (χ0n) is 12.1. The number of hydrogen-bond acceptors (Lipinski definition) is 6. The van der Waals surface area contributed by atoms with Gasteiger partial charge in [-0.25, -0.2) is 4.98 Å². The Hall–Kier alpha value is -1.89. The molecule has 1 heterocycles. The monoisotopic (exact) mass is 267 g/mol. The predicted molar refractivity (Wildman–Crippen MR) is 73.6 cm³/mol. The number of ether oxygens (including phenoxy) is 1. The van der Waals surface area contributed by atoms with E-state index in [1.54, 1.807) is 25.2 Å². The molecule has 0 fully saturated rings. The molecule has 0 spiro atoms. The van der Waals surface area contributed by atoms with Crippen molar-refractivity contribution in [2.75, 3.05) is 53.7 Å². The van der Waals surface area contributed by atoms with Crippen molar-refractivity contribution in [3.05, 3.63) is 12.0 Å². The summed E-state index contributed by atoms with van der Waals surface area (Å²) in [6, 6.07) is 0. The van der Waals surface area contributed by atoms with Crippen LogP contribution in [0, 0.1) is 0 Å². The second-order valence-electron chi connectivity index (χ2n) is 4.40. The summed E-state index contributed by atoms with van der Waals surface area (Å²) in [5, 5.41) is 2.90. The van der Waals surface area contributed by atoms with Gasteiger partial charge in [0.2, 0.25) is 11.7 Å². The molecular formula is C12H21N5O2. The summed E-state index contributed by atoms with van der Waals surface area (Å²) in [5.41, 5.74) is 0.648. The first kappa shape index (κ1) is 15.2. The fourth-order valence-corrected chi connectivity index (χ4v) is 1.42. The van der Waals surface area contributed by atoms with Gasteiger partial charge < -0.3 is 19.9 Å². The highest BCUT2D eigenvalue weighted by Gasteiger charge is 2.17. The molecule has 7 heteroatoms. The molecular weight excluding hydrogens is 246 g/mol. The first-order valence-corrected chi connectivity index (χ1v) is 5.98. The zero-order chi connectivity index (χ0) is 14.4. The van der Waals surface area contributed by atoms with Crippen LogP contribution in [0.4, 0.5) is 5.69 Å². The number of carbonyl (C=O) groups excluding carboxylic acids is 1. The molecule has 7 nitrogen and oxygen atoms in total. The van der Waals surface area contributed by atoms with Crippen molar-refractivity contribution in [1.82, 2.24) is 19.8 Å². The standard InChI is InChI=1S/C12H21N5O2/c1-13-9-8-14-10(15-11(9)19-5)12(18)17(4)7-6-16(2)3/h8,13H,6-7H2,1-5H3. The van der Waals surface area contributed by atoms with E-state index in [1.807, 2.05) is 19.0 Å². The van der Waals surface area contributed by atoms with Crippen LogP contribution in [0.25, 0.3) is 0 Å². The summed E-state index contributed by atoms with van der Waals surface area (Å²) >= 11 is 0. The van der Waals surface area contributed by atoms with Crippen molar-refractivity contribution in [3.63, 3.8) is 0 Å². The van der Waals surface area contributed by atoms with Crippen molar-refractivity contribution in [2.24, 2.45) is 0 Å². The number of nitrogens with one attached hydrogen (secondary N) is 1. The highest BCUT2D eigenvalue weighted by Crippen LogP contribution is 2.19. The first-order valence-electron chi connectivity index (χ1n) is 5.98. The number of rotatable bonds is 6. The number of amides is 1. The Bertz CT molecular complexity index is 436. The summed E-state index contributed by atoms with van der Waals surface area (Å²) in [6.45, 7) is 1.40. The van der Waals surface area contributed by atoms with Crippen LogP contribution in [0.2, 0.25) is 0 Å². The minimum Gasteiger partial charge on any atom is -0.479 e. The lowest BCUT2D eigenvalue weighted by Gasteiger charge is -2.19. The maximum absolute atomic E-state index is 12.1. The third-order valence-electron chi connectivity index (χ3n) is 2.64. The molecule has 0 aromatic carbocycles. The molecule has 1 rings (SSSR count). The van der Waals surface area contributed by atoms with E-state index in [2.05, 4.69) is 15.3 Å². The van der Waals surface area contributed by atoms with Crippen LogP contribution in [0.15, 0.2) is 6.20 Å². The highest BCUT2D eigenvalue weighted by atomic mass is 16.5. The molecule has 0 aliphatic heterocycles. The average molecular weight is 267 g/mol. The number of aromatic nitrogens is 2. The molecule has 1 aromatic heterocycles. The van der Waals surface area contributed by atoms with Gasteiger partial charge in [-0.3, -0.25) is 4.79 Å². The Morgan fingerprint density at radius 3 is 2.58 bits per heavy atom. The number of anilines is 1. The van der Waals surface area contributed by atoms with Crippen molar-refractivity contribution >= 4 is 11.6 Å². The summed E-state index contributed by atoms with van der Waals surface area (Å²) in [4.78, 5) is 23.9. The fourth-order valence-electron chi connectivity index (χ4n) is 1.42. The normalized spacial score (nSPS) is 10.4. The number of methoxy groups -OCH3 is 1. The molecule has 0 bridgehead atoms. The van der Waals surface area contributed by atoms with Crippen LogP contribution >= 0.6 is 0 Å². The molecule has 1 aromatic rings.